The number of esters is 1. The van der Waals surface area contributed by atoms with E-state index in [0.717, 1.165) is 11.1 Å². The SMILES string of the molecule is O=C1O[C@@]2(O[C@H]2c2ccccc2)c2ccccc21. The van der Waals surface area contributed by atoms with Gasteiger partial charge in [0.25, 0.3) is 5.79 Å². The van der Waals surface area contributed by atoms with E-state index in [4.69, 9.17) is 9.47 Å². The van der Waals surface area contributed by atoms with Gasteiger partial charge in [-0.1, -0.05) is 48.5 Å². The van der Waals surface area contributed by atoms with Gasteiger partial charge in [-0.15, -0.1) is 0 Å². The lowest BCUT2D eigenvalue weighted by Gasteiger charge is -2.04. The Bertz CT molecular complexity index is 635. The summed E-state index contributed by atoms with van der Waals surface area (Å²) in [6.07, 6.45) is -0.189. The number of hydrogen-bond acceptors (Lipinski definition) is 3. The summed E-state index contributed by atoms with van der Waals surface area (Å²) in [5.74, 6) is -1.18. The fourth-order valence-corrected chi connectivity index (χ4v) is 2.55. The van der Waals surface area contributed by atoms with E-state index < -0.39 is 5.79 Å². The molecule has 2 aromatic carbocycles. The summed E-state index contributed by atoms with van der Waals surface area (Å²) in [7, 11) is 0. The van der Waals surface area contributed by atoms with Gasteiger partial charge in [0.15, 0.2) is 6.10 Å². The average Bonchev–Trinajstić information content (AvgIpc) is 3.07. The molecule has 0 unspecified atom stereocenters. The van der Waals surface area contributed by atoms with Crippen LogP contribution in [0.1, 0.15) is 27.6 Å². The van der Waals surface area contributed by atoms with Crippen LogP contribution in [0.15, 0.2) is 54.6 Å². The summed E-state index contributed by atoms with van der Waals surface area (Å²) in [5.41, 5.74) is 2.47. The third-order valence-corrected chi connectivity index (χ3v) is 3.45. The molecule has 2 aromatic rings. The maximum Gasteiger partial charge on any atom is 0.341 e. The fourth-order valence-electron chi connectivity index (χ4n) is 2.55. The first kappa shape index (κ1) is 9.85. The molecular formula is C15H10O3. The first-order chi connectivity index (χ1) is 8.81. The van der Waals surface area contributed by atoms with Crippen molar-refractivity contribution in [1.82, 2.24) is 0 Å². The van der Waals surface area contributed by atoms with Crippen molar-refractivity contribution < 1.29 is 14.3 Å². The first-order valence-electron chi connectivity index (χ1n) is 5.87. The molecule has 3 nitrogen and oxygen atoms in total. The molecule has 3 heteroatoms. The smallest absolute Gasteiger partial charge is 0.341 e. The highest BCUT2D eigenvalue weighted by Gasteiger charge is 2.67. The van der Waals surface area contributed by atoms with Crippen LogP contribution in [0, 0.1) is 0 Å². The molecule has 88 valence electrons. The molecule has 0 aromatic heterocycles. The standard InChI is InChI=1S/C15H10O3/c16-14-11-8-4-5-9-12(11)15(18-14)13(17-15)10-6-2-1-3-7-10/h1-9,13H/t13-,15-/m0/s1. The van der Waals surface area contributed by atoms with Gasteiger partial charge in [0, 0.05) is 5.56 Å². The van der Waals surface area contributed by atoms with Crippen molar-refractivity contribution in [3.8, 4) is 0 Å². The predicted octanol–water partition coefficient (Wildman–Crippen LogP) is 2.78. The maximum absolute atomic E-state index is 11.8. The average molecular weight is 238 g/mol. The molecule has 4 rings (SSSR count). The van der Waals surface area contributed by atoms with Crippen molar-refractivity contribution >= 4 is 5.97 Å². The van der Waals surface area contributed by atoms with Crippen LogP contribution in [-0.4, -0.2) is 5.97 Å². The van der Waals surface area contributed by atoms with E-state index in [2.05, 4.69) is 0 Å². The maximum atomic E-state index is 11.8. The molecule has 0 radical (unpaired) electrons. The molecule has 0 aliphatic carbocycles. The molecule has 2 aliphatic heterocycles. The first-order valence-corrected chi connectivity index (χ1v) is 5.87. The number of hydrogen-bond donors (Lipinski definition) is 0. The van der Waals surface area contributed by atoms with Gasteiger partial charge in [-0.2, -0.15) is 0 Å². The number of benzene rings is 2. The minimum atomic E-state index is -0.880. The van der Waals surface area contributed by atoms with Gasteiger partial charge in [-0.25, -0.2) is 4.79 Å². The van der Waals surface area contributed by atoms with Gasteiger partial charge >= 0.3 is 5.97 Å². The van der Waals surface area contributed by atoms with Crippen LogP contribution in [0.25, 0.3) is 0 Å². The summed E-state index contributed by atoms with van der Waals surface area (Å²) < 4.78 is 11.1. The largest absolute Gasteiger partial charge is 0.422 e. The van der Waals surface area contributed by atoms with Crippen molar-refractivity contribution in [1.29, 1.82) is 0 Å². The second-order valence-corrected chi connectivity index (χ2v) is 4.51. The van der Waals surface area contributed by atoms with Gasteiger partial charge < -0.3 is 9.47 Å². The molecule has 18 heavy (non-hydrogen) atoms. The second-order valence-electron chi connectivity index (χ2n) is 4.51. The molecule has 0 amide bonds. The Morgan fingerprint density at radius 2 is 1.67 bits per heavy atom. The van der Waals surface area contributed by atoms with Crippen LogP contribution in [0.2, 0.25) is 0 Å². The van der Waals surface area contributed by atoms with E-state index in [1.807, 2.05) is 48.5 Å². The van der Waals surface area contributed by atoms with E-state index in [1.54, 1.807) is 6.07 Å². The Morgan fingerprint density at radius 1 is 0.944 bits per heavy atom. The predicted molar refractivity (Wildman–Crippen MR) is 63.8 cm³/mol. The third-order valence-electron chi connectivity index (χ3n) is 3.45. The lowest BCUT2D eigenvalue weighted by molar-refractivity contribution is -0.00812. The fraction of sp³-hybridized carbons (Fsp3) is 0.133. The molecule has 2 aliphatic rings. The minimum absolute atomic E-state index is 0.189. The molecule has 2 atom stereocenters. The third kappa shape index (κ3) is 1.14. The van der Waals surface area contributed by atoms with E-state index in [1.165, 1.54) is 0 Å². The summed E-state index contributed by atoms with van der Waals surface area (Å²) in [6.45, 7) is 0. The monoisotopic (exact) mass is 238 g/mol. The van der Waals surface area contributed by atoms with Gasteiger partial charge in [0.2, 0.25) is 0 Å². The highest BCUT2D eigenvalue weighted by atomic mass is 16.8. The van der Waals surface area contributed by atoms with Crippen LogP contribution in [-0.2, 0) is 15.3 Å². The molecule has 0 saturated carbocycles. The molecule has 1 saturated heterocycles. The number of carbonyl (C=O) groups excluding carboxylic acids is 1. The summed E-state index contributed by atoms with van der Waals surface area (Å²) in [6, 6.07) is 17.2. The Balaban J connectivity index is 1.79. The number of fused-ring (bicyclic) bond motifs is 2. The van der Waals surface area contributed by atoms with Gasteiger partial charge in [0.05, 0.1) is 5.56 Å². The summed E-state index contributed by atoms with van der Waals surface area (Å²) in [4.78, 5) is 11.8. The minimum Gasteiger partial charge on any atom is -0.422 e. The van der Waals surface area contributed by atoms with Crippen LogP contribution in [0.5, 0.6) is 0 Å². The highest BCUT2D eigenvalue weighted by Crippen LogP contribution is 2.61. The van der Waals surface area contributed by atoms with Crippen LogP contribution in [0.3, 0.4) is 0 Å². The van der Waals surface area contributed by atoms with Gasteiger partial charge in [-0.3, -0.25) is 0 Å². The summed E-state index contributed by atoms with van der Waals surface area (Å²) >= 11 is 0. The normalized spacial score (nSPS) is 28.0. The molecule has 0 N–H and O–H groups in total. The molecule has 1 spiro atoms. The Kier molecular flexibility index (Phi) is 1.76. The molecule has 1 fully saturated rings. The van der Waals surface area contributed by atoms with Crippen LogP contribution >= 0.6 is 0 Å². The van der Waals surface area contributed by atoms with Crippen molar-refractivity contribution in [2.24, 2.45) is 0 Å². The van der Waals surface area contributed by atoms with Crippen molar-refractivity contribution in [3.05, 3.63) is 71.3 Å². The Labute approximate surface area is 104 Å². The van der Waals surface area contributed by atoms with Gasteiger partial charge in [-0.05, 0) is 11.6 Å². The van der Waals surface area contributed by atoms with Crippen LogP contribution < -0.4 is 0 Å². The molecular weight excluding hydrogens is 228 g/mol. The van der Waals surface area contributed by atoms with Crippen molar-refractivity contribution in [3.63, 3.8) is 0 Å². The topological polar surface area (TPSA) is 38.8 Å². The van der Waals surface area contributed by atoms with Crippen molar-refractivity contribution in [2.45, 2.75) is 11.9 Å². The Morgan fingerprint density at radius 3 is 2.50 bits per heavy atom. The number of carbonyl (C=O) groups is 1. The number of epoxide rings is 1. The van der Waals surface area contributed by atoms with E-state index in [-0.39, 0.29) is 12.1 Å². The number of ether oxygens (including phenoxy) is 2. The highest BCUT2D eigenvalue weighted by molar-refractivity contribution is 5.95. The lowest BCUT2D eigenvalue weighted by atomic mass is 9.99. The van der Waals surface area contributed by atoms with Gasteiger partial charge in [0.1, 0.15) is 0 Å². The zero-order valence-corrected chi connectivity index (χ0v) is 9.50. The number of rotatable bonds is 1. The Hall–Kier alpha value is -2.13. The van der Waals surface area contributed by atoms with E-state index in [0.29, 0.717) is 5.56 Å². The van der Waals surface area contributed by atoms with E-state index in [9.17, 15) is 4.79 Å². The van der Waals surface area contributed by atoms with Crippen LogP contribution in [0.4, 0.5) is 0 Å². The lowest BCUT2D eigenvalue weighted by Crippen LogP contribution is -2.09. The quantitative estimate of drug-likeness (QED) is 0.566. The molecule has 2 heterocycles. The summed E-state index contributed by atoms with van der Waals surface area (Å²) in [5, 5.41) is 0. The second kappa shape index (κ2) is 3.21. The zero-order chi connectivity index (χ0) is 12.2. The zero-order valence-electron chi connectivity index (χ0n) is 9.50. The molecule has 0 bridgehead atoms. The van der Waals surface area contributed by atoms with E-state index >= 15 is 0 Å². The van der Waals surface area contributed by atoms with Crippen molar-refractivity contribution in [2.75, 3.05) is 0 Å².